The van der Waals surface area contributed by atoms with Gasteiger partial charge in [-0.15, -0.1) is 0 Å². The molecule has 0 aliphatic carbocycles. The monoisotopic (exact) mass is 371 g/mol. The second-order valence-corrected chi connectivity index (χ2v) is 6.47. The van der Waals surface area contributed by atoms with E-state index in [4.69, 9.17) is 4.18 Å². The number of nitrogens with one attached hydrogen (secondary N) is 1. The van der Waals surface area contributed by atoms with Gasteiger partial charge in [-0.25, -0.2) is 0 Å². The number of hydrogen-bond acceptors (Lipinski definition) is 6. The van der Waals surface area contributed by atoms with Crippen molar-refractivity contribution in [3.8, 4) is 5.75 Å². The zero-order valence-corrected chi connectivity index (χ0v) is 17.0. The fourth-order valence-corrected chi connectivity index (χ4v) is 2.84. The summed E-state index contributed by atoms with van der Waals surface area (Å²) < 4.78 is 27.7. The molecule has 3 aromatic rings. The molecule has 2 aromatic carbocycles. The molecule has 3 rings (SSSR count). The van der Waals surface area contributed by atoms with Crippen molar-refractivity contribution in [2.75, 3.05) is 6.61 Å². The van der Waals surface area contributed by atoms with Crippen LogP contribution in [0.25, 0.3) is 11.0 Å². The fraction of sp³-hybridized carbons (Fsp3) is 0.250. The van der Waals surface area contributed by atoms with Crippen LogP contribution in [0.15, 0.2) is 53.4 Å². The molecule has 0 aliphatic heterocycles. The maximum absolute atomic E-state index is 11.5. The summed E-state index contributed by atoms with van der Waals surface area (Å²) in [6.07, 6.45) is 1.49. The first-order valence-corrected chi connectivity index (χ1v) is 8.86. The van der Waals surface area contributed by atoms with Crippen molar-refractivity contribution in [2.45, 2.75) is 24.7 Å². The summed E-state index contributed by atoms with van der Waals surface area (Å²) in [5.74, 6) is -0.533. The molecule has 0 fully saturated rings. The number of fused-ring (bicyclic) bond motifs is 1. The molecule has 128 valence electrons. The van der Waals surface area contributed by atoms with Crippen LogP contribution in [0.2, 0.25) is 0 Å². The fourth-order valence-electron chi connectivity index (χ4n) is 1.82. The van der Waals surface area contributed by atoms with Gasteiger partial charge in [0, 0.05) is 0 Å². The van der Waals surface area contributed by atoms with Crippen LogP contribution in [-0.2, 0) is 14.3 Å². The van der Waals surface area contributed by atoms with E-state index in [1.807, 2.05) is 31.2 Å². The Hall–Kier alpha value is -1.45. The minimum atomic E-state index is -3.88. The molecule has 0 radical (unpaired) electrons. The number of hydrogen-bond donors (Lipinski definition) is 1. The van der Waals surface area contributed by atoms with E-state index in [0.717, 1.165) is 17.5 Å². The van der Waals surface area contributed by atoms with Crippen LogP contribution >= 0.6 is 0 Å². The normalized spacial score (nSPS) is 10.6. The van der Waals surface area contributed by atoms with E-state index in [2.05, 4.69) is 15.4 Å². The van der Waals surface area contributed by atoms with Crippen LogP contribution in [0.3, 0.4) is 0 Å². The van der Waals surface area contributed by atoms with E-state index in [1.54, 1.807) is 0 Å². The maximum atomic E-state index is 11.5. The van der Waals surface area contributed by atoms with Crippen molar-refractivity contribution in [1.82, 2.24) is 15.4 Å². The van der Waals surface area contributed by atoms with Crippen LogP contribution in [0, 0.1) is 0 Å². The van der Waals surface area contributed by atoms with Crippen LogP contribution in [0.5, 0.6) is 5.75 Å². The topological polar surface area (TPSA) is 108 Å². The average molecular weight is 371 g/mol. The molecule has 9 heteroatoms. The van der Waals surface area contributed by atoms with Crippen molar-refractivity contribution in [3.05, 3.63) is 48.5 Å². The molecule has 0 saturated heterocycles. The summed E-state index contributed by atoms with van der Waals surface area (Å²) in [6, 6.07) is 13.2. The van der Waals surface area contributed by atoms with Gasteiger partial charge >= 0.3 is 29.6 Å². The van der Waals surface area contributed by atoms with Crippen molar-refractivity contribution >= 4 is 21.2 Å². The zero-order valence-electron chi connectivity index (χ0n) is 14.2. The predicted molar refractivity (Wildman–Crippen MR) is 87.8 cm³/mol. The van der Waals surface area contributed by atoms with Gasteiger partial charge in [0.05, 0.1) is 11.5 Å². The molecule has 0 bridgehead atoms. The molecule has 0 unspecified atom stereocenters. The van der Waals surface area contributed by atoms with Crippen molar-refractivity contribution < 1.29 is 47.3 Å². The van der Waals surface area contributed by atoms with Crippen molar-refractivity contribution in [1.29, 1.82) is 0 Å². The summed E-state index contributed by atoms with van der Waals surface area (Å²) in [7, 11) is -3.88. The van der Waals surface area contributed by atoms with Crippen LogP contribution < -0.4 is 34.7 Å². The molecule has 0 spiro atoms. The summed E-state index contributed by atoms with van der Waals surface area (Å²) in [4.78, 5) is -0.291. The van der Waals surface area contributed by atoms with Gasteiger partial charge in [-0.1, -0.05) is 49.4 Å². The number of rotatable bonds is 5. The first kappa shape index (κ1) is 21.6. The predicted octanol–water partition coefficient (Wildman–Crippen LogP) is -0.772. The third-order valence-corrected chi connectivity index (χ3v) is 4.43. The first-order chi connectivity index (χ1) is 11.5. The Morgan fingerprint density at radius 2 is 1.60 bits per heavy atom. The minimum Gasteiger partial charge on any atom is -0.872 e. The molecule has 0 aliphatic rings. The second kappa shape index (κ2) is 10.5. The molecule has 7 nitrogen and oxygen atoms in total. The quantitative estimate of drug-likeness (QED) is 0.358. The van der Waals surface area contributed by atoms with Gasteiger partial charge in [-0.05, 0) is 24.6 Å². The van der Waals surface area contributed by atoms with Gasteiger partial charge < -0.3 is 5.11 Å². The molecule has 0 amide bonds. The van der Waals surface area contributed by atoms with E-state index < -0.39 is 15.9 Å². The standard InChI is InChI=1S/C10H14O4S.C6H5N3.Na/c1-2-3-8-14-15(12,13)10-7-5-4-6-9(10)11;1-2-4-6-5(3-1)7-9-8-6;/h4-7,11H,2-3,8H2,1H3;1-4H,(H,7,8,9);/q;;+1/p-1. The minimum absolute atomic E-state index is 0. The summed E-state index contributed by atoms with van der Waals surface area (Å²) in [5, 5.41) is 21.5. The number of para-hydroxylation sites is 3. The summed E-state index contributed by atoms with van der Waals surface area (Å²) >= 11 is 0. The number of benzene rings is 2. The van der Waals surface area contributed by atoms with Crippen molar-refractivity contribution in [2.24, 2.45) is 0 Å². The first-order valence-electron chi connectivity index (χ1n) is 7.45. The zero-order chi connectivity index (χ0) is 17.4. The van der Waals surface area contributed by atoms with Gasteiger partial charge in [0.1, 0.15) is 11.0 Å². The largest absolute Gasteiger partial charge is 1.00 e. The Labute approximate surface area is 168 Å². The molecule has 1 aromatic heterocycles. The molecular weight excluding hydrogens is 353 g/mol. The summed E-state index contributed by atoms with van der Waals surface area (Å²) in [5.41, 5.74) is 1.83. The van der Waals surface area contributed by atoms with Crippen LogP contribution in [-0.4, -0.2) is 30.4 Å². The van der Waals surface area contributed by atoms with E-state index in [1.165, 1.54) is 24.3 Å². The average Bonchev–Trinajstić information content (AvgIpc) is 3.04. The van der Waals surface area contributed by atoms with Gasteiger partial charge in [0.25, 0.3) is 10.1 Å². The molecule has 0 atom stereocenters. The maximum Gasteiger partial charge on any atom is 1.00 e. The number of unbranched alkanes of at least 4 members (excludes halogenated alkanes) is 1. The Balaban J connectivity index is 0.000000266. The van der Waals surface area contributed by atoms with Gasteiger partial charge in [0.15, 0.2) is 0 Å². The molecule has 25 heavy (non-hydrogen) atoms. The molecule has 1 heterocycles. The van der Waals surface area contributed by atoms with Crippen LogP contribution in [0.1, 0.15) is 19.8 Å². The number of aromatic amines is 1. The Kier molecular flexibility index (Phi) is 9.09. The smallest absolute Gasteiger partial charge is 0.872 e. The Morgan fingerprint density at radius 1 is 1.04 bits per heavy atom. The van der Waals surface area contributed by atoms with Crippen molar-refractivity contribution in [3.63, 3.8) is 0 Å². The molecule has 1 N–H and O–H groups in total. The third-order valence-electron chi connectivity index (χ3n) is 3.08. The Bertz CT molecular complexity index is 853. The van der Waals surface area contributed by atoms with E-state index in [-0.39, 0.29) is 41.1 Å². The van der Waals surface area contributed by atoms with E-state index in [9.17, 15) is 13.5 Å². The van der Waals surface area contributed by atoms with Gasteiger partial charge in [0.2, 0.25) is 0 Å². The molecule has 0 saturated carbocycles. The summed E-state index contributed by atoms with van der Waals surface area (Å²) in [6.45, 7) is 2.05. The van der Waals surface area contributed by atoms with Gasteiger partial charge in [-0.3, -0.25) is 4.18 Å². The second-order valence-electron chi connectivity index (χ2n) is 4.89. The molecular formula is C16H18N3NaO4S. The SMILES string of the molecule is CCCCOS(=O)(=O)c1ccccc1[O-].[Na+].c1ccc2n[nH]nc2c1. The van der Waals surface area contributed by atoms with Crippen LogP contribution in [0.4, 0.5) is 0 Å². The van der Waals surface area contributed by atoms with E-state index >= 15 is 0 Å². The number of nitrogens with zero attached hydrogens (tertiary/aromatic N) is 2. The Morgan fingerprint density at radius 3 is 2.16 bits per heavy atom. The van der Waals surface area contributed by atoms with E-state index in [0.29, 0.717) is 6.42 Å². The third kappa shape index (κ3) is 6.41. The number of aromatic nitrogens is 3. The van der Waals surface area contributed by atoms with Gasteiger partial charge in [-0.2, -0.15) is 23.8 Å². The number of H-pyrrole nitrogens is 1.